The third-order valence-electron chi connectivity index (χ3n) is 3.95. The van der Waals surface area contributed by atoms with Crippen LogP contribution in [-0.4, -0.2) is 41.1 Å². The molecule has 1 N–H and O–H groups in total. The number of hydrogen-bond donors (Lipinski definition) is 1. The van der Waals surface area contributed by atoms with E-state index >= 15 is 0 Å². The fourth-order valence-corrected chi connectivity index (χ4v) is 2.90. The maximum atomic E-state index is 13.0. The van der Waals surface area contributed by atoms with Gasteiger partial charge in [-0.3, -0.25) is 4.79 Å². The van der Waals surface area contributed by atoms with Crippen LogP contribution in [0.1, 0.15) is 25.7 Å². The molecule has 4 nitrogen and oxygen atoms in total. The molecule has 1 amide bonds. The van der Waals surface area contributed by atoms with Crippen LogP contribution in [-0.2, 0) is 9.59 Å². The van der Waals surface area contributed by atoms with Crippen LogP contribution < -0.4 is 0 Å². The number of halogens is 3. The van der Waals surface area contributed by atoms with Crippen LogP contribution in [0.25, 0.3) is 0 Å². The van der Waals surface area contributed by atoms with Gasteiger partial charge in [0, 0.05) is 18.7 Å². The number of carboxylic acid groups (broad SMARTS) is 1. The van der Waals surface area contributed by atoms with Crippen molar-refractivity contribution < 1.29 is 27.9 Å². The minimum Gasteiger partial charge on any atom is -0.474 e. The van der Waals surface area contributed by atoms with Gasteiger partial charge < -0.3 is 10.0 Å². The van der Waals surface area contributed by atoms with Crippen LogP contribution in [0.4, 0.5) is 13.2 Å². The second-order valence-electron chi connectivity index (χ2n) is 5.24. The van der Waals surface area contributed by atoms with Gasteiger partial charge in [0.25, 0.3) is 0 Å². The molecule has 0 unspecified atom stereocenters. The summed E-state index contributed by atoms with van der Waals surface area (Å²) in [7, 11) is 0. The molecule has 0 aromatic carbocycles. The van der Waals surface area contributed by atoms with Gasteiger partial charge in [-0.1, -0.05) is 12.2 Å². The Hall–Kier alpha value is -1.79. The van der Waals surface area contributed by atoms with Crippen molar-refractivity contribution in [3.05, 3.63) is 23.3 Å². The van der Waals surface area contributed by atoms with Gasteiger partial charge >= 0.3 is 18.1 Å². The van der Waals surface area contributed by atoms with E-state index in [9.17, 15) is 22.8 Å². The van der Waals surface area contributed by atoms with Crippen LogP contribution in [0, 0.1) is 5.92 Å². The van der Waals surface area contributed by atoms with E-state index in [1.807, 2.05) is 0 Å². The van der Waals surface area contributed by atoms with Gasteiger partial charge in [-0.2, -0.15) is 13.2 Å². The summed E-state index contributed by atoms with van der Waals surface area (Å²) in [6.07, 6.45) is 0.0357. The maximum Gasteiger partial charge on any atom is 0.412 e. The number of rotatable bonds is 1. The van der Waals surface area contributed by atoms with Crippen LogP contribution in [0.3, 0.4) is 0 Å². The zero-order valence-electron chi connectivity index (χ0n) is 11.3. The maximum absolute atomic E-state index is 13.0. The predicted molar refractivity (Wildman–Crippen MR) is 68.4 cm³/mol. The van der Waals surface area contributed by atoms with Crippen LogP contribution in [0.2, 0.25) is 0 Å². The van der Waals surface area contributed by atoms with E-state index in [1.165, 1.54) is 11.0 Å². The van der Waals surface area contributed by atoms with Crippen molar-refractivity contribution in [2.75, 3.05) is 13.1 Å². The summed E-state index contributed by atoms with van der Waals surface area (Å²) >= 11 is 0. The summed E-state index contributed by atoms with van der Waals surface area (Å²) in [5.74, 6) is -2.78. The predicted octanol–water partition coefficient (Wildman–Crippen LogP) is 2.52. The minimum absolute atomic E-state index is 0.0103. The fourth-order valence-electron chi connectivity index (χ4n) is 2.90. The monoisotopic (exact) mass is 303 g/mol. The number of carbonyl (C=O) groups is 2. The van der Waals surface area contributed by atoms with Crippen LogP contribution >= 0.6 is 0 Å². The van der Waals surface area contributed by atoms with Crippen molar-refractivity contribution in [3.8, 4) is 0 Å². The van der Waals surface area contributed by atoms with E-state index in [0.717, 1.165) is 0 Å². The molecule has 1 heterocycles. The van der Waals surface area contributed by atoms with E-state index in [1.54, 1.807) is 6.08 Å². The topological polar surface area (TPSA) is 57.6 Å². The molecule has 0 saturated carbocycles. The molecule has 1 saturated heterocycles. The van der Waals surface area contributed by atoms with Gasteiger partial charge in [-0.25, -0.2) is 4.79 Å². The number of alkyl halides is 3. The van der Waals surface area contributed by atoms with Crippen molar-refractivity contribution in [3.63, 3.8) is 0 Å². The molecule has 0 aromatic rings. The lowest BCUT2D eigenvalue weighted by Gasteiger charge is -2.33. The van der Waals surface area contributed by atoms with Crippen LogP contribution in [0.5, 0.6) is 0 Å². The lowest BCUT2D eigenvalue weighted by molar-refractivity contribution is -0.156. The van der Waals surface area contributed by atoms with Gasteiger partial charge in [-0.15, -0.1) is 0 Å². The molecular weight excluding hydrogens is 287 g/mol. The highest BCUT2D eigenvalue weighted by Gasteiger charge is 2.38. The van der Waals surface area contributed by atoms with Gasteiger partial charge in [-0.05, 0) is 37.2 Å². The Morgan fingerprint density at radius 3 is 2.38 bits per heavy atom. The van der Waals surface area contributed by atoms with Crippen molar-refractivity contribution in [2.24, 2.45) is 5.92 Å². The average molecular weight is 303 g/mol. The van der Waals surface area contributed by atoms with E-state index in [-0.39, 0.29) is 25.4 Å². The first kappa shape index (κ1) is 15.6. The summed E-state index contributed by atoms with van der Waals surface area (Å²) in [6.45, 7) is 0.358. The molecule has 116 valence electrons. The Kier molecular flexibility index (Phi) is 4.39. The van der Waals surface area contributed by atoms with Crippen molar-refractivity contribution in [2.45, 2.75) is 31.9 Å². The molecule has 0 spiro atoms. The summed E-state index contributed by atoms with van der Waals surface area (Å²) in [5, 5.41) is 8.64. The van der Waals surface area contributed by atoms with E-state index in [0.29, 0.717) is 24.8 Å². The van der Waals surface area contributed by atoms with Gasteiger partial charge in [0.15, 0.2) is 0 Å². The number of amides is 1. The lowest BCUT2D eigenvalue weighted by atomic mass is 9.82. The Balaban J connectivity index is 2.11. The third kappa shape index (κ3) is 3.46. The number of carbonyl (C=O) groups excluding carboxylic acids is 1. The standard InChI is InChI=1S/C14H16F3NO3/c15-14(16,17)11-4-2-1-3-10(11)9-5-7-18(8-6-9)12(19)13(20)21/h1,3,9H,2,4-8H2,(H,20,21). The molecular formula is C14H16F3NO3. The second kappa shape index (κ2) is 5.91. The zero-order valence-corrected chi connectivity index (χ0v) is 11.3. The quantitative estimate of drug-likeness (QED) is 0.757. The molecule has 1 aliphatic carbocycles. The van der Waals surface area contributed by atoms with Crippen LogP contribution in [0.15, 0.2) is 23.3 Å². The molecule has 0 bridgehead atoms. The number of allylic oxidation sites excluding steroid dienone is 4. The number of nitrogens with zero attached hydrogens (tertiary/aromatic N) is 1. The summed E-state index contributed by atoms with van der Waals surface area (Å²) < 4.78 is 39.1. The molecule has 0 radical (unpaired) electrons. The number of hydrogen-bond acceptors (Lipinski definition) is 2. The molecule has 0 aromatic heterocycles. The Bertz CT molecular complexity index is 500. The van der Waals surface area contributed by atoms with Gasteiger partial charge in [0.1, 0.15) is 0 Å². The van der Waals surface area contributed by atoms with Crippen molar-refractivity contribution in [1.82, 2.24) is 4.90 Å². The number of piperidine rings is 1. The summed E-state index contributed by atoms with van der Waals surface area (Å²) in [5.41, 5.74) is -0.177. The smallest absolute Gasteiger partial charge is 0.412 e. The highest BCUT2D eigenvalue weighted by Crippen LogP contribution is 2.39. The van der Waals surface area contributed by atoms with Gasteiger partial charge in [0.2, 0.25) is 0 Å². The Labute approximate surface area is 119 Å². The normalized spacial score (nSPS) is 20.8. The Morgan fingerprint density at radius 2 is 1.86 bits per heavy atom. The number of aliphatic carboxylic acids is 1. The molecule has 1 aliphatic heterocycles. The average Bonchev–Trinajstić information content (AvgIpc) is 2.45. The van der Waals surface area contributed by atoms with E-state index in [2.05, 4.69) is 0 Å². The van der Waals surface area contributed by atoms with E-state index < -0.39 is 23.6 Å². The highest BCUT2D eigenvalue weighted by molar-refractivity contribution is 6.31. The largest absolute Gasteiger partial charge is 0.474 e. The molecule has 7 heteroatoms. The first-order valence-corrected chi connectivity index (χ1v) is 6.79. The first-order chi connectivity index (χ1) is 9.80. The molecule has 2 rings (SSSR count). The molecule has 21 heavy (non-hydrogen) atoms. The van der Waals surface area contributed by atoms with Crippen molar-refractivity contribution >= 4 is 11.9 Å². The lowest BCUT2D eigenvalue weighted by Crippen LogP contribution is -2.42. The number of likely N-dealkylation sites (tertiary alicyclic amines) is 1. The van der Waals surface area contributed by atoms with Gasteiger partial charge in [0.05, 0.1) is 0 Å². The summed E-state index contributed by atoms with van der Waals surface area (Å²) in [4.78, 5) is 23.1. The van der Waals surface area contributed by atoms with Crippen molar-refractivity contribution in [1.29, 1.82) is 0 Å². The third-order valence-corrected chi connectivity index (χ3v) is 3.95. The van der Waals surface area contributed by atoms with E-state index in [4.69, 9.17) is 5.11 Å². The molecule has 2 aliphatic rings. The molecule has 1 fully saturated rings. The highest BCUT2D eigenvalue weighted by atomic mass is 19.4. The molecule has 0 atom stereocenters. The Morgan fingerprint density at radius 1 is 1.24 bits per heavy atom. The zero-order chi connectivity index (χ0) is 15.6. The first-order valence-electron chi connectivity index (χ1n) is 6.79. The summed E-state index contributed by atoms with van der Waals surface area (Å²) in [6, 6.07) is 0. The SMILES string of the molecule is O=C(O)C(=O)N1CCC(C2=C(C(F)(F)F)CCC=C2)CC1. The number of carboxylic acids is 1. The fraction of sp³-hybridized carbons (Fsp3) is 0.571. The second-order valence-corrected chi connectivity index (χ2v) is 5.24. The minimum atomic E-state index is -4.33.